The van der Waals surface area contributed by atoms with Crippen molar-refractivity contribution in [3.63, 3.8) is 0 Å². The molecule has 0 bridgehead atoms. The zero-order valence-electron chi connectivity index (χ0n) is 11.0. The van der Waals surface area contributed by atoms with E-state index in [2.05, 4.69) is 36.7 Å². The minimum absolute atomic E-state index is 0.0495. The van der Waals surface area contributed by atoms with Crippen LogP contribution in [-0.4, -0.2) is 6.10 Å². The zero-order chi connectivity index (χ0) is 13.0. The average Bonchev–Trinajstić information content (AvgIpc) is 2.19. The van der Waals surface area contributed by atoms with Gasteiger partial charge in [0.15, 0.2) is 0 Å². The number of rotatable bonds is 5. The summed E-state index contributed by atoms with van der Waals surface area (Å²) in [5.41, 5.74) is 6.95. The molecule has 0 fully saturated rings. The summed E-state index contributed by atoms with van der Waals surface area (Å²) in [5, 5.41) is 0. The van der Waals surface area contributed by atoms with Crippen LogP contribution in [0.5, 0.6) is 5.75 Å². The van der Waals surface area contributed by atoms with E-state index in [-0.39, 0.29) is 12.1 Å². The van der Waals surface area contributed by atoms with Crippen LogP contribution < -0.4 is 10.5 Å². The van der Waals surface area contributed by atoms with E-state index in [1.54, 1.807) is 0 Å². The molecule has 17 heavy (non-hydrogen) atoms. The maximum Gasteiger partial charge on any atom is 0.133 e. The van der Waals surface area contributed by atoms with Gasteiger partial charge in [-0.1, -0.05) is 19.9 Å². The van der Waals surface area contributed by atoms with Crippen molar-refractivity contribution >= 4 is 15.9 Å². The molecule has 0 aliphatic heterocycles. The van der Waals surface area contributed by atoms with Crippen LogP contribution in [0.25, 0.3) is 0 Å². The lowest BCUT2D eigenvalue weighted by atomic mass is 10.1. The van der Waals surface area contributed by atoms with E-state index < -0.39 is 0 Å². The molecule has 0 radical (unpaired) electrons. The summed E-state index contributed by atoms with van der Waals surface area (Å²) in [6.45, 7) is 8.48. The third kappa shape index (κ3) is 4.68. The fourth-order valence-electron chi connectivity index (χ4n) is 1.82. The Kier molecular flexibility index (Phi) is 5.47. The first-order valence-electron chi connectivity index (χ1n) is 6.11. The SMILES string of the molecule is CC(C)CC(C)Oc1ccc(C(C)N)cc1Br. The monoisotopic (exact) mass is 299 g/mol. The highest BCUT2D eigenvalue weighted by molar-refractivity contribution is 9.10. The van der Waals surface area contributed by atoms with Gasteiger partial charge in [0.05, 0.1) is 10.6 Å². The number of hydrogen-bond donors (Lipinski definition) is 1. The van der Waals surface area contributed by atoms with Crippen molar-refractivity contribution in [1.29, 1.82) is 0 Å². The topological polar surface area (TPSA) is 35.2 Å². The quantitative estimate of drug-likeness (QED) is 0.880. The minimum Gasteiger partial charge on any atom is -0.490 e. The van der Waals surface area contributed by atoms with Gasteiger partial charge in [0, 0.05) is 6.04 Å². The van der Waals surface area contributed by atoms with Crippen LogP contribution in [0.3, 0.4) is 0 Å². The van der Waals surface area contributed by atoms with Crippen molar-refractivity contribution in [2.75, 3.05) is 0 Å². The Hall–Kier alpha value is -0.540. The Bertz CT molecular complexity index is 363. The summed E-state index contributed by atoms with van der Waals surface area (Å²) in [6.07, 6.45) is 1.29. The number of benzene rings is 1. The predicted molar refractivity (Wildman–Crippen MR) is 76.3 cm³/mol. The molecule has 3 heteroatoms. The largest absolute Gasteiger partial charge is 0.490 e. The van der Waals surface area contributed by atoms with E-state index in [4.69, 9.17) is 10.5 Å². The molecule has 96 valence electrons. The van der Waals surface area contributed by atoms with Crippen LogP contribution in [0.4, 0.5) is 0 Å². The molecule has 0 saturated carbocycles. The van der Waals surface area contributed by atoms with Gasteiger partial charge < -0.3 is 10.5 Å². The van der Waals surface area contributed by atoms with Gasteiger partial charge >= 0.3 is 0 Å². The predicted octanol–water partition coefficient (Wildman–Crippen LogP) is 4.28. The molecule has 0 aromatic heterocycles. The van der Waals surface area contributed by atoms with E-state index in [1.807, 2.05) is 25.1 Å². The summed E-state index contributed by atoms with van der Waals surface area (Å²) in [5.74, 6) is 1.54. The third-order valence-electron chi connectivity index (χ3n) is 2.61. The van der Waals surface area contributed by atoms with Gasteiger partial charge in [0.25, 0.3) is 0 Å². The Labute approximate surface area is 113 Å². The van der Waals surface area contributed by atoms with Crippen molar-refractivity contribution < 1.29 is 4.74 Å². The van der Waals surface area contributed by atoms with E-state index in [1.165, 1.54) is 0 Å². The van der Waals surface area contributed by atoms with Gasteiger partial charge in [0.1, 0.15) is 5.75 Å². The molecule has 1 rings (SSSR count). The number of hydrogen-bond acceptors (Lipinski definition) is 2. The number of nitrogens with two attached hydrogens (primary N) is 1. The summed E-state index contributed by atoms with van der Waals surface area (Å²) in [6, 6.07) is 6.09. The maximum absolute atomic E-state index is 5.90. The van der Waals surface area contributed by atoms with Crippen LogP contribution >= 0.6 is 15.9 Å². The molecular weight excluding hydrogens is 278 g/mol. The standard InChI is InChI=1S/C14H22BrNO/c1-9(2)7-10(3)17-14-6-5-12(11(4)16)8-13(14)15/h5-6,8-11H,7,16H2,1-4H3. The fraction of sp³-hybridized carbons (Fsp3) is 0.571. The third-order valence-corrected chi connectivity index (χ3v) is 3.23. The number of halogens is 1. The van der Waals surface area contributed by atoms with Gasteiger partial charge in [-0.05, 0) is 59.8 Å². The van der Waals surface area contributed by atoms with E-state index >= 15 is 0 Å². The summed E-state index contributed by atoms with van der Waals surface area (Å²) in [4.78, 5) is 0. The first-order chi connectivity index (χ1) is 7.90. The van der Waals surface area contributed by atoms with E-state index in [0.29, 0.717) is 5.92 Å². The molecule has 0 spiro atoms. The summed E-state index contributed by atoms with van der Waals surface area (Å²) in [7, 11) is 0. The summed E-state index contributed by atoms with van der Waals surface area (Å²) < 4.78 is 6.88. The van der Waals surface area contributed by atoms with Gasteiger partial charge in [-0.15, -0.1) is 0 Å². The highest BCUT2D eigenvalue weighted by Gasteiger charge is 2.10. The van der Waals surface area contributed by atoms with Crippen molar-refractivity contribution in [1.82, 2.24) is 0 Å². The first kappa shape index (κ1) is 14.5. The first-order valence-corrected chi connectivity index (χ1v) is 6.91. The second kappa shape index (κ2) is 6.41. The van der Waals surface area contributed by atoms with Crippen molar-refractivity contribution in [2.45, 2.75) is 46.3 Å². The Morgan fingerprint density at radius 1 is 1.24 bits per heavy atom. The van der Waals surface area contributed by atoms with Gasteiger partial charge in [-0.3, -0.25) is 0 Å². The Morgan fingerprint density at radius 3 is 2.35 bits per heavy atom. The van der Waals surface area contributed by atoms with Crippen LogP contribution in [0.2, 0.25) is 0 Å². The molecule has 0 aliphatic rings. The lowest BCUT2D eigenvalue weighted by Crippen LogP contribution is -2.15. The van der Waals surface area contributed by atoms with Crippen LogP contribution in [-0.2, 0) is 0 Å². The van der Waals surface area contributed by atoms with Gasteiger partial charge in [-0.2, -0.15) is 0 Å². The molecule has 2 unspecified atom stereocenters. The van der Waals surface area contributed by atoms with Crippen LogP contribution in [0.15, 0.2) is 22.7 Å². The van der Waals surface area contributed by atoms with Crippen LogP contribution in [0, 0.1) is 5.92 Å². The van der Waals surface area contributed by atoms with Gasteiger partial charge in [-0.25, -0.2) is 0 Å². The second-order valence-corrected chi connectivity index (χ2v) is 5.89. The summed E-state index contributed by atoms with van der Waals surface area (Å²) >= 11 is 3.53. The molecule has 1 aromatic carbocycles. The fourth-order valence-corrected chi connectivity index (χ4v) is 2.31. The molecule has 2 atom stereocenters. The highest BCUT2D eigenvalue weighted by atomic mass is 79.9. The molecule has 0 heterocycles. The van der Waals surface area contributed by atoms with E-state index in [9.17, 15) is 0 Å². The zero-order valence-corrected chi connectivity index (χ0v) is 12.6. The van der Waals surface area contributed by atoms with Crippen molar-refractivity contribution in [3.8, 4) is 5.75 Å². The second-order valence-electron chi connectivity index (χ2n) is 5.04. The highest BCUT2D eigenvalue weighted by Crippen LogP contribution is 2.29. The van der Waals surface area contributed by atoms with Crippen molar-refractivity contribution in [2.24, 2.45) is 11.7 Å². The molecule has 2 nitrogen and oxygen atoms in total. The molecule has 1 aromatic rings. The molecule has 2 N–H and O–H groups in total. The van der Waals surface area contributed by atoms with Crippen LogP contribution in [0.1, 0.15) is 45.7 Å². The molecule has 0 saturated heterocycles. The Balaban J connectivity index is 2.72. The molecule has 0 aliphatic carbocycles. The maximum atomic E-state index is 5.90. The lowest BCUT2D eigenvalue weighted by molar-refractivity contribution is 0.192. The van der Waals surface area contributed by atoms with Crippen molar-refractivity contribution in [3.05, 3.63) is 28.2 Å². The lowest BCUT2D eigenvalue weighted by Gasteiger charge is -2.18. The molecule has 0 amide bonds. The Morgan fingerprint density at radius 2 is 1.88 bits per heavy atom. The smallest absolute Gasteiger partial charge is 0.133 e. The minimum atomic E-state index is 0.0495. The molecular formula is C14H22BrNO. The van der Waals surface area contributed by atoms with Gasteiger partial charge in [0.2, 0.25) is 0 Å². The normalized spacial score (nSPS) is 14.8. The van der Waals surface area contributed by atoms with E-state index in [0.717, 1.165) is 22.2 Å². The number of ether oxygens (including phenoxy) is 1. The average molecular weight is 300 g/mol.